The third kappa shape index (κ3) is 1.92. The fraction of sp³-hybridized carbons (Fsp3) is 0.0909. The van der Waals surface area contributed by atoms with Crippen molar-refractivity contribution in [2.24, 2.45) is 0 Å². The lowest BCUT2D eigenvalue weighted by Gasteiger charge is -2.02. The number of nitrogens with one attached hydrogen (secondary N) is 1. The zero-order chi connectivity index (χ0) is 10.8. The molecule has 0 saturated heterocycles. The number of aryl methyl sites for hydroxylation is 1. The Morgan fingerprint density at radius 2 is 2.20 bits per heavy atom. The molecule has 1 aromatic heterocycles. The molecule has 0 unspecified atom stereocenters. The maximum Gasteiger partial charge on any atom is 0.162 e. The van der Waals surface area contributed by atoms with Crippen LogP contribution in [0.15, 0.2) is 28.7 Å². The minimum Gasteiger partial charge on any atom is -0.277 e. The lowest BCUT2D eigenvalue weighted by Crippen LogP contribution is -1.83. The van der Waals surface area contributed by atoms with Crippen LogP contribution in [0.1, 0.15) is 11.3 Å². The molecule has 2 aromatic rings. The van der Waals surface area contributed by atoms with Gasteiger partial charge in [-0.1, -0.05) is 22.0 Å². The number of hydrogen-bond donors (Lipinski definition) is 1. The average molecular weight is 262 g/mol. The summed E-state index contributed by atoms with van der Waals surface area (Å²) in [6.45, 7) is 2.02. The van der Waals surface area contributed by atoms with Crippen LogP contribution < -0.4 is 0 Å². The molecule has 1 N–H and O–H groups in total. The molecular formula is C11H8BrN3. The van der Waals surface area contributed by atoms with E-state index in [1.165, 1.54) is 0 Å². The van der Waals surface area contributed by atoms with E-state index in [1.807, 2.05) is 31.2 Å². The van der Waals surface area contributed by atoms with Crippen LogP contribution in [-0.4, -0.2) is 10.2 Å². The minimum atomic E-state index is 0.407. The Labute approximate surface area is 95.9 Å². The normalized spacial score (nSPS) is 9.93. The summed E-state index contributed by atoms with van der Waals surface area (Å²) in [5, 5.41) is 15.4. The number of aromatic nitrogens is 2. The highest BCUT2D eigenvalue weighted by atomic mass is 79.9. The molecule has 0 atom stereocenters. The number of aromatic amines is 1. The van der Waals surface area contributed by atoms with E-state index in [-0.39, 0.29) is 0 Å². The molecular weight excluding hydrogens is 254 g/mol. The number of H-pyrrole nitrogens is 1. The maximum absolute atomic E-state index is 8.68. The molecule has 0 aliphatic heterocycles. The summed E-state index contributed by atoms with van der Waals surface area (Å²) in [5.74, 6) is 0. The molecule has 0 aliphatic rings. The number of benzene rings is 1. The molecule has 0 amide bonds. The first kappa shape index (κ1) is 9.94. The number of nitrogens with zero attached hydrogens (tertiary/aromatic N) is 2. The molecule has 0 fully saturated rings. The molecule has 0 bridgehead atoms. The van der Waals surface area contributed by atoms with Gasteiger partial charge in [-0.3, -0.25) is 5.10 Å². The second kappa shape index (κ2) is 3.87. The quantitative estimate of drug-likeness (QED) is 0.858. The van der Waals surface area contributed by atoms with Crippen LogP contribution in [0.3, 0.4) is 0 Å². The van der Waals surface area contributed by atoms with Crippen LogP contribution in [0.4, 0.5) is 0 Å². The fourth-order valence-electron chi connectivity index (χ4n) is 1.40. The number of nitriles is 1. The summed E-state index contributed by atoms with van der Waals surface area (Å²) in [6.07, 6.45) is 0. The first-order valence-electron chi connectivity index (χ1n) is 4.43. The van der Waals surface area contributed by atoms with E-state index in [2.05, 4.69) is 26.1 Å². The lowest BCUT2D eigenvalue weighted by molar-refractivity contribution is 1.07. The Bertz CT molecular complexity index is 537. The van der Waals surface area contributed by atoms with Crippen molar-refractivity contribution in [3.05, 3.63) is 40.0 Å². The molecule has 0 spiro atoms. The van der Waals surface area contributed by atoms with Crippen molar-refractivity contribution in [1.29, 1.82) is 5.26 Å². The third-order valence-electron chi connectivity index (χ3n) is 2.18. The Morgan fingerprint density at radius 1 is 1.40 bits per heavy atom. The SMILES string of the molecule is Cc1ccc(Br)cc1-c1cc(C#N)n[nH]1. The minimum absolute atomic E-state index is 0.407. The largest absolute Gasteiger partial charge is 0.277 e. The maximum atomic E-state index is 8.68. The first-order chi connectivity index (χ1) is 7.20. The van der Waals surface area contributed by atoms with Gasteiger partial charge in [-0.25, -0.2) is 0 Å². The van der Waals surface area contributed by atoms with Crippen molar-refractivity contribution in [2.75, 3.05) is 0 Å². The standard InChI is InChI=1S/C11H8BrN3/c1-7-2-3-8(12)4-10(7)11-5-9(6-13)14-15-11/h2-5H,1H3,(H,14,15). The second-order valence-corrected chi connectivity index (χ2v) is 4.15. The average Bonchev–Trinajstić information content (AvgIpc) is 2.70. The van der Waals surface area contributed by atoms with Gasteiger partial charge in [0.05, 0.1) is 5.69 Å². The van der Waals surface area contributed by atoms with Gasteiger partial charge in [-0.15, -0.1) is 0 Å². The smallest absolute Gasteiger partial charge is 0.162 e. The third-order valence-corrected chi connectivity index (χ3v) is 2.68. The summed E-state index contributed by atoms with van der Waals surface area (Å²) >= 11 is 3.42. The van der Waals surface area contributed by atoms with Crippen molar-refractivity contribution >= 4 is 15.9 Å². The number of hydrogen-bond acceptors (Lipinski definition) is 2. The van der Waals surface area contributed by atoms with Crippen LogP contribution >= 0.6 is 15.9 Å². The van der Waals surface area contributed by atoms with E-state index in [1.54, 1.807) is 6.07 Å². The number of rotatable bonds is 1. The monoisotopic (exact) mass is 261 g/mol. The zero-order valence-electron chi connectivity index (χ0n) is 8.08. The van der Waals surface area contributed by atoms with Gasteiger partial charge in [0.1, 0.15) is 6.07 Å². The van der Waals surface area contributed by atoms with E-state index in [0.717, 1.165) is 21.3 Å². The van der Waals surface area contributed by atoms with Crippen molar-refractivity contribution < 1.29 is 0 Å². The predicted molar refractivity (Wildman–Crippen MR) is 61.2 cm³/mol. The molecule has 1 heterocycles. The van der Waals surface area contributed by atoms with Gasteiger partial charge in [-0.05, 0) is 24.6 Å². The Balaban J connectivity index is 2.54. The molecule has 2 rings (SSSR count). The van der Waals surface area contributed by atoms with Gasteiger partial charge in [0.15, 0.2) is 5.69 Å². The van der Waals surface area contributed by atoms with E-state index >= 15 is 0 Å². The van der Waals surface area contributed by atoms with Gasteiger partial charge in [-0.2, -0.15) is 10.4 Å². The number of halogens is 1. The first-order valence-corrected chi connectivity index (χ1v) is 5.22. The van der Waals surface area contributed by atoms with E-state index in [4.69, 9.17) is 5.26 Å². The van der Waals surface area contributed by atoms with Crippen molar-refractivity contribution in [1.82, 2.24) is 10.2 Å². The summed E-state index contributed by atoms with van der Waals surface area (Å²) in [6, 6.07) is 9.75. The van der Waals surface area contributed by atoms with Gasteiger partial charge in [0, 0.05) is 16.1 Å². The summed E-state index contributed by atoms with van der Waals surface area (Å²) in [4.78, 5) is 0. The zero-order valence-corrected chi connectivity index (χ0v) is 9.67. The summed E-state index contributed by atoms with van der Waals surface area (Å²) < 4.78 is 1.01. The molecule has 0 aliphatic carbocycles. The highest BCUT2D eigenvalue weighted by Gasteiger charge is 2.06. The summed E-state index contributed by atoms with van der Waals surface area (Å²) in [5.41, 5.74) is 3.47. The van der Waals surface area contributed by atoms with Crippen LogP contribution in [0.5, 0.6) is 0 Å². The Hall–Kier alpha value is -1.60. The van der Waals surface area contributed by atoms with E-state index in [0.29, 0.717) is 5.69 Å². The highest BCUT2D eigenvalue weighted by molar-refractivity contribution is 9.10. The van der Waals surface area contributed by atoms with Crippen LogP contribution in [0.2, 0.25) is 0 Å². The molecule has 3 nitrogen and oxygen atoms in total. The van der Waals surface area contributed by atoms with E-state index < -0.39 is 0 Å². The molecule has 0 saturated carbocycles. The van der Waals surface area contributed by atoms with Crippen molar-refractivity contribution in [2.45, 2.75) is 6.92 Å². The molecule has 4 heteroatoms. The highest BCUT2D eigenvalue weighted by Crippen LogP contribution is 2.25. The predicted octanol–water partition coefficient (Wildman–Crippen LogP) is 3.02. The van der Waals surface area contributed by atoms with Crippen molar-refractivity contribution in [3.8, 4) is 17.3 Å². The fourth-order valence-corrected chi connectivity index (χ4v) is 1.76. The Kier molecular flexibility index (Phi) is 2.57. The van der Waals surface area contributed by atoms with Gasteiger partial charge >= 0.3 is 0 Å². The topological polar surface area (TPSA) is 52.5 Å². The van der Waals surface area contributed by atoms with Gasteiger partial charge < -0.3 is 0 Å². The van der Waals surface area contributed by atoms with Crippen LogP contribution in [0, 0.1) is 18.3 Å². The molecule has 0 radical (unpaired) electrons. The van der Waals surface area contributed by atoms with Crippen LogP contribution in [-0.2, 0) is 0 Å². The van der Waals surface area contributed by atoms with Gasteiger partial charge in [0.25, 0.3) is 0 Å². The second-order valence-electron chi connectivity index (χ2n) is 3.24. The molecule has 1 aromatic carbocycles. The van der Waals surface area contributed by atoms with Crippen LogP contribution in [0.25, 0.3) is 11.3 Å². The molecule has 15 heavy (non-hydrogen) atoms. The van der Waals surface area contributed by atoms with E-state index in [9.17, 15) is 0 Å². The Morgan fingerprint density at radius 3 is 2.87 bits per heavy atom. The molecule has 74 valence electrons. The van der Waals surface area contributed by atoms with Crippen molar-refractivity contribution in [3.63, 3.8) is 0 Å². The van der Waals surface area contributed by atoms with Gasteiger partial charge in [0.2, 0.25) is 0 Å². The summed E-state index contributed by atoms with van der Waals surface area (Å²) in [7, 11) is 0. The lowest BCUT2D eigenvalue weighted by atomic mass is 10.1.